The third-order valence-corrected chi connectivity index (χ3v) is 2.43. The van der Waals surface area contributed by atoms with Gasteiger partial charge in [-0.3, -0.25) is 4.79 Å². The Morgan fingerprint density at radius 1 is 1.29 bits per heavy atom. The van der Waals surface area contributed by atoms with Crippen molar-refractivity contribution in [2.45, 2.75) is 20.2 Å². The van der Waals surface area contributed by atoms with E-state index in [0.29, 0.717) is 26.1 Å². The van der Waals surface area contributed by atoms with Gasteiger partial charge < -0.3 is 18.7 Å². The van der Waals surface area contributed by atoms with Gasteiger partial charge in [0.05, 0.1) is 13.2 Å². The number of carboxylic acid groups (broad SMARTS) is 1. The highest BCUT2D eigenvalue weighted by atomic mass is 31.2. The molecular formula is C7H15BO5P. The number of rotatable bonds is 9. The van der Waals surface area contributed by atoms with Crippen molar-refractivity contribution in [3.05, 3.63) is 0 Å². The minimum absolute atomic E-state index is 0.304. The molecule has 0 atom stereocenters. The highest BCUT2D eigenvalue weighted by Crippen LogP contribution is 2.39. The molecule has 81 valence electrons. The van der Waals surface area contributed by atoms with Gasteiger partial charge in [-0.05, 0) is 20.2 Å². The molecule has 0 aromatic carbocycles. The van der Waals surface area contributed by atoms with Crippen molar-refractivity contribution in [2.75, 3.05) is 19.8 Å². The second kappa shape index (κ2) is 9.40. The highest BCUT2D eigenvalue weighted by Gasteiger charge is 2.10. The van der Waals surface area contributed by atoms with Crippen LogP contribution in [0.4, 0.5) is 4.79 Å². The van der Waals surface area contributed by atoms with Gasteiger partial charge in [-0.1, -0.05) is 0 Å². The molecule has 0 unspecified atom stereocenters. The fourth-order valence-electron chi connectivity index (χ4n) is 0.632. The van der Waals surface area contributed by atoms with Crippen LogP contribution < -0.4 is 0 Å². The summed E-state index contributed by atoms with van der Waals surface area (Å²) in [4.78, 5) is 10.1. The first-order valence-electron chi connectivity index (χ1n) is 4.45. The van der Waals surface area contributed by atoms with Gasteiger partial charge in [-0.25, -0.2) is 0 Å². The third kappa shape index (κ3) is 8.44. The Morgan fingerprint density at radius 2 is 1.86 bits per heavy atom. The topological polar surface area (TPSA) is 65.0 Å². The first kappa shape index (κ1) is 13.8. The van der Waals surface area contributed by atoms with Gasteiger partial charge in [0.15, 0.2) is 0 Å². The average Bonchev–Trinajstić information content (AvgIpc) is 2.12. The molecule has 0 aliphatic carbocycles. The summed E-state index contributed by atoms with van der Waals surface area (Å²) in [5.74, 6) is -0.939. The minimum atomic E-state index is -1.30. The van der Waals surface area contributed by atoms with E-state index in [4.69, 9.17) is 18.7 Å². The Morgan fingerprint density at radius 3 is 2.29 bits per heavy atom. The van der Waals surface area contributed by atoms with Gasteiger partial charge in [-0.15, -0.1) is 0 Å². The SMILES string of the molecule is CCOP(OCC)OCC[B]C(=O)O. The predicted octanol–water partition coefficient (Wildman–Crippen LogP) is 2.10. The molecule has 0 aromatic rings. The summed E-state index contributed by atoms with van der Waals surface area (Å²) in [5, 5.41) is 8.32. The maximum absolute atomic E-state index is 10.1. The summed E-state index contributed by atoms with van der Waals surface area (Å²) in [6.45, 7) is 5.04. The van der Waals surface area contributed by atoms with E-state index < -0.39 is 14.5 Å². The van der Waals surface area contributed by atoms with Crippen LogP contribution in [0.3, 0.4) is 0 Å². The maximum Gasteiger partial charge on any atom is 0.332 e. The largest absolute Gasteiger partial charge is 0.490 e. The molecule has 0 aromatic heterocycles. The average molecular weight is 221 g/mol. The molecule has 0 bridgehead atoms. The van der Waals surface area contributed by atoms with E-state index in [-0.39, 0.29) is 0 Å². The van der Waals surface area contributed by atoms with Gasteiger partial charge in [0.2, 0.25) is 5.87 Å². The molecule has 14 heavy (non-hydrogen) atoms. The molecule has 7 heteroatoms. The molecule has 0 saturated heterocycles. The monoisotopic (exact) mass is 221 g/mol. The Bertz CT molecular complexity index is 151. The van der Waals surface area contributed by atoms with Crippen LogP contribution in [0.5, 0.6) is 0 Å². The van der Waals surface area contributed by atoms with Crippen LogP contribution in [0.1, 0.15) is 13.8 Å². The van der Waals surface area contributed by atoms with E-state index >= 15 is 0 Å². The van der Waals surface area contributed by atoms with Crippen LogP contribution in [-0.4, -0.2) is 38.1 Å². The lowest BCUT2D eigenvalue weighted by atomic mass is 9.75. The molecule has 1 N–H and O–H groups in total. The Kier molecular flexibility index (Phi) is 9.30. The molecule has 0 heterocycles. The summed E-state index contributed by atoms with van der Waals surface area (Å²) in [6.07, 6.45) is 0.355. The van der Waals surface area contributed by atoms with Crippen LogP contribution in [0.15, 0.2) is 0 Å². The third-order valence-electron chi connectivity index (χ3n) is 1.10. The second-order valence-corrected chi connectivity index (χ2v) is 3.45. The maximum atomic E-state index is 10.1. The lowest BCUT2D eigenvalue weighted by Gasteiger charge is -2.14. The molecule has 0 aliphatic heterocycles. The highest BCUT2D eigenvalue weighted by molar-refractivity contribution is 7.41. The van der Waals surface area contributed by atoms with E-state index in [1.54, 1.807) is 0 Å². The Labute approximate surface area is 86.0 Å². The van der Waals surface area contributed by atoms with Gasteiger partial charge in [0.1, 0.15) is 0 Å². The molecule has 0 aliphatic rings. The zero-order valence-electron chi connectivity index (χ0n) is 8.43. The summed E-state index contributed by atoms with van der Waals surface area (Å²) in [7, 11) is -0.160. The standard InChI is InChI=1S/C7H15BO5P/c1-3-11-14(12-4-2)13-6-5-8-7(9)10/h3-6H2,1-2H3,(H,9,10). The van der Waals surface area contributed by atoms with Gasteiger partial charge in [0.25, 0.3) is 7.28 Å². The van der Waals surface area contributed by atoms with Crippen LogP contribution in [0.25, 0.3) is 0 Å². The lowest BCUT2D eigenvalue weighted by molar-refractivity contribution is 0.176. The molecule has 5 nitrogen and oxygen atoms in total. The van der Waals surface area contributed by atoms with Crippen molar-refractivity contribution in [2.24, 2.45) is 0 Å². The second-order valence-electron chi connectivity index (χ2n) is 2.22. The fraction of sp³-hybridized carbons (Fsp3) is 0.857. The van der Waals surface area contributed by atoms with Crippen LogP contribution in [0.2, 0.25) is 6.32 Å². The first-order chi connectivity index (χ1) is 6.70. The van der Waals surface area contributed by atoms with Crippen LogP contribution in [0, 0.1) is 0 Å². The van der Waals surface area contributed by atoms with Crippen LogP contribution >= 0.6 is 8.60 Å². The van der Waals surface area contributed by atoms with Crippen LogP contribution in [-0.2, 0) is 13.6 Å². The summed E-state index contributed by atoms with van der Waals surface area (Å²) in [6, 6.07) is 0. The fourth-order valence-corrected chi connectivity index (χ4v) is 1.53. The van der Waals surface area contributed by atoms with Crippen molar-refractivity contribution in [1.29, 1.82) is 0 Å². The molecule has 1 radical (unpaired) electrons. The summed E-state index contributed by atoms with van der Waals surface area (Å²) >= 11 is 0. The van der Waals surface area contributed by atoms with Crippen molar-refractivity contribution < 1.29 is 23.5 Å². The van der Waals surface area contributed by atoms with E-state index in [1.807, 2.05) is 13.8 Å². The predicted molar refractivity (Wildman–Crippen MR) is 54.7 cm³/mol. The molecular weight excluding hydrogens is 206 g/mol. The zero-order valence-corrected chi connectivity index (χ0v) is 9.33. The van der Waals surface area contributed by atoms with E-state index in [2.05, 4.69) is 0 Å². The Hall–Kier alpha value is -0.155. The number of carbonyl (C=O) groups is 1. The molecule has 0 rings (SSSR count). The van der Waals surface area contributed by atoms with Crippen molar-refractivity contribution in [3.63, 3.8) is 0 Å². The molecule has 0 saturated carbocycles. The van der Waals surface area contributed by atoms with E-state index in [0.717, 1.165) is 7.28 Å². The molecule has 0 amide bonds. The van der Waals surface area contributed by atoms with Gasteiger partial charge >= 0.3 is 8.60 Å². The van der Waals surface area contributed by atoms with Crippen molar-refractivity contribution >= 4 is 21.8 Å². The first-order valence-corrected chi connectivity index (χ1v) is 5.55. The van der Waals surface area contributed by atoms with E-state index in [1.165, 1.54) is 0 Å². The van der Waals surface area contributed by atoms with E-state index in [9.17, 15) is 4.79 Å². The number of hydrogen-bond acceptors (Lipinski definition) is 4. The molecule has 0 fully saturated rings. The van der Waals surface area contributed by atoms with Crippen molar-refractivity contribution in [3.8, 4) is 0 Å². The van der Waals surface area contributed by atoms with Gasteiger partial charge in [-0.2, -0.15) is 0 Å². The lowest BCUT2D eigenvalue weighted by Crippen LogP contribution is -2.07. The van der Waals surface area contributed by atoms with Gasteiger partial charge in [0, 0.05) is 6.61 Å². The zero-order chi connectivity index (χ0) is 10.8. The number of hydrogen-bond donors (Lipinski definition) is 1. The normalized spacial score (nSPS) is 10.5. The smallest absolute Gasteiger partial charge is 0.332 e. The minimum Gasteiger partial charge on any atom is -0.490 e. The molecule has 0 spiro atoms. The Balaban J connectivity index is 3.44. The quantitative estimate of drug-likeness (QED) is 0.367. The summed E-state index contributed by atoms with van der Waals surface area (Å²) in [5.41, 5.74) is 0. The summed E-state index contributed by atoms with van der Waals surface area (Å²) < 4.78 is 15.5. The van der Waals surface area contributed by atoms with Crippen molar-refractivity contribution in [1.82, 2.24) is 0 Å².